The Kier molecular flexibility index (Phi) is 6.39. The summed E-state index contributed by atoms with van der Waals surface area (Å²) in [6.07, 6.45) is 11.9. The Labute approximate surface area is 180 Å². The molecular weight excluding hydrogens is 411 g/mol. The number of rotatable bonds is 4. The standard InChI is InChI=1S/C22H24Cl2N2OS/c23-17-11-6-7-14(20(17)24)13-25-22-19(16-10-4-5-12-18(16)28-22)21(27)26-15-8-2-1-3-9-15/h6-7,11,13,15H,1-5,8-10,12H2,(H,26,27). The van der Waals surface area contributed by atoms with E-state index in [0.29, 0.717) is 16.1 Å². The molecule has 1 aromatic carbocycles. The molecule has 2 aliphatic carbocycles. The Morgan fingerprint density at radius 3 is 2.71 bits per heavy atom. The highest BCUT2D eigenvalue weighted by Gasteiger charge is 2.27. The molecule has 0 bridgehead atoms. The quantitative estimate of drug-likeness (QED) is 0.531. The zero-order valence-electron chi connectivity index (χ0n) is 15.8. The van der Waals surface area contributed by atoms with E-state index in [9.17, 15) is 4.79 Å². The van der Waals surface area contributed by atoms with Crippen molar-refractivity contribution >= 4 is 51.7 Å². The van der Waals surface area contributed by atoms with Crippen LogP contribution in [-0.2, 0) is 12.8 Å². The highest BCUT2D eigenvalue weighted by molar-refractivity contribution is 7.16. The SMILES string of the molecule is O=C(NC1CCCCC1)c1c(N=Cc2cccc(Cl)c2Cl)sc2c1CCCC2. The second-order valence-corrected chi connectivity index (χ2v) is 9.47. The zero-order valence-corrected chi connectivity index (χ0v) is 18.1. The highest BCUT2D eigenvalue weighted by Crippen LogP contribution is 2.40. The predicted octanol–water partition coefficient (Wildman–Crippen LogP) is 6.75. The van der Waals surface area contributed by atoms with Crippen LogP contribution in [0.15, 0.2) is 23.2 Å². The monoisotopic (exact) mass is 434 g/mol. The first-order valence-electron chi connectivity index (χ1n) is 10.1. The van der Waals surface area contributed by atoms with Gasteiger partial charge in [-0.1, -0.05) is 54.6 Å². The van der Waals surface area contributed by atoms with Crippen molar-refractivity contribution in [2.45, 2.75) is 63.8 Å². The van der Waals surface area contributed by atoms with Crippen LogP contribution in [0.1, 0.15) is 71.3 Å². The van der Waals surface area contributed by atoms with Gasteiger partial charge >= 0.3 is 0 Å². The predicted molar refractivity (Wildman–Crippen MR) is 119 cm³/mol. The first-order chi connectivity index (χ1) is 13.6. The van der Waals surface area contributed by atoms with E-state index < -0.39 is 0 Å². The number of hydrogen-bond donors (Lipinski definition) is 1. The highest BCUT2D eigenvalue weighted by atomic mass is 35.5. The molecule has 0 atom stereocenters. The number of fused-ring (bicyclic) bond motifs is 1. The summed E-state index contributed by atoms with van der Waals surface area (Å²) >= 11 is 14.1. The van der Waals surface area contributed by atoms with E-state index in [-0.39, 0.29) is 5.91 Å². The smallest absolute Gasteiger partial charge is 0.254 e. The van der Waals surface area contributed by atoms with E-state index in [0.717, 1.165) is 48.2 Å². The average Bonchev–Trinajstić information content (AvgIpc) is 3.08. The van der Waals surface area contributed by atoms with Crippen LogP contribution in [0.3, 0.4) is 0 Å². The van der Waals surface area contributed by atoms with E-state index in [2.05, 4.69) is 10.3 Å². The first-order valence-corrected chi connectivity index (χ1v) is 11.6. The summed E-state index contributed by atoms with van der Waals surface area (Å²) in [5, 5.41) is 5.06. The Balaban J connectivity index is 1.64. The summed E-state index contributed by atoms with van der Waals surface area (Å²) in [7, 11) is 0. The molecule has 0 saturated heterocycles. The molecule has 1 fully saturated rings. The van der Waals surface area contributed by atoms with Crippen molar-refractivity contribution in [3.8, 4) is 0 Å². The van der Waals surface area contributed by atoms with Gasteiger partial charge in [0.15, 0.2) is 0 Å². The van der Waals surface area contributed by atoms with Gasteiger partial charge < -0.3 is 5.32 Å². The van der Waals surface area contributed by atoms with Crippen LogP contribution >= 0.6 is 34.5 Å². The van der Waals surface area contributed by atoms with Crippen LogP contribution in [0.25, 0.3) is 0 Å². The largest absolute Gasteiger partial charge is 0.349 e. The van der Waals surface area contributed by atoms with Crippen LogP contribution in [0, 0.1) is 0 Å². The Hall–Kier alpha value is -1.36. The maximum atomic E-state index is 13.2. The number of halogens is 2. The van der Waals surface area contributed by atoms with Crippen molar-refractivity contribution in [3.63, 3.8) is 0 Å². The third-order valence-electron chi connectivity index (χ3n) is 5.62. The molecule has 0 aliphatic heterocycles. The summed E-state index contributed by atoms with van der Waals surface area (Å²) in [6.45, 7) is 0. The lowest BCUT2D eigenvalue weighted by molar-refractivity contribution is 0.0927. The normalized spacial score (nSPS) is 17.6. The number of carbonyl (C=O) groups excluding carboxylic acids is 1. The second-order valence-electron chi connectivity index (χ2n) is 7.60. The number of thiophene rings is 1. The Morgan fingerprint density at radius 1 is 1.11 bits per heavy atom. The van der Waals surface area contributed by atoms with Crippen LogP contribution in [0.5, 0.6) is 0 Å². The van der Waals surface area contributed by atoms with Gasteiger partial charge in [-0.25, -0.2) is 4.99 Å². The maximum absolute atomic E-state index is 13.2. The topological polar surface area (TPSA) is 41.5 Å². The summed E-state index contributed by atoms with van der Waals surface area (Å²) in [5.74, 6) is 0.0376. The molecule has 1 heterocycles. The minimum atomic E-state index is 0.0376. The molecular formula is C22H24Cl2N2OS. The molecule has 1 N–H and O–H groups in total. The van der Waals surface area contributed by atoms with Crippen molar-refractivity contribution in [2.24, 2.45) is 4.99 Å². The fraction of sp³-hybridized carbons (Fsp3) is 0.455. The van der Waals surface area contributed by atoms with E-state index >= 15 is 0 Å². The molecule has 1 saturated carbocycles. The lowest BCUT2D eigenvalue weighted by Gasteiger charge is -2.23. The molecule has 0 radical (unpaired) electrons. The van der Waals surface area contributed by atoms with E-state index in [1.54, 1.807) is 23.6 Å². The number of benzene rings is 1. The van der Waals surface area contributed by atoms with Gasteiger partial charge in [-0.05, 0) is 50.2 Å². The Bertz CT molecular complexity index is 900. The fourth-order valence-corrected chi connectivity index (χ4v) is 5.72. The van der Waals surface area contributed by atoms with Crippen LogP contribution < -0.4 is 5.32 Å². The molecule has 2 aromatic rings. The van der Waals surface area contributed by atoms with Gasteiger partial charge in [0.2, 0.25) is 0 Å². The van der Waals surface area contributed by atoms with Crippen LogP contribution in [-0.4, -0.2) is 18.2 Å². The molecule has 0 unspecified atom stereocenters. The van der Waals surface area contributed by atoms with Gasteiger partial charge in [0.05, 0.1) is 15.6 Å². The van der Waals surface area contributed by atoms with Crippen molar-refractivity contribution in [3.05, 3.63) is 49.8 Å². The minimum absolute atomic E-state index is 0.0376. The molecule has 3 nitrogen and oxygen atoms in total. The summed E-state index contributed by atoms with van der Waals surface area (Å²) in [4.78, 5) is 19.2. The van der Waals surface area contributed by atoms with E-state index in [4.69, 9.17) is 23.2 Å². The van der Waals surface area contributed by atoms with Gasteiger partial charge in [-0.2, -0.15) is 0 Å². The number of nitrogens with one attached hydrogen (secondary N) is 1. The number of nitrogens with zero attached hydrogens (tertiary/aromatic N) is 1. The summed E-state index contributed by atoms with van der Waals surface area (Å²) in [6, 6.07) is 5.78. The maximum Gasteiger partial charge on any atom is 0.254 e. The number of hydrogen-bond acceptors (Lipinski definition) is 3. The van der Waals surface area contributed by atoms with Crippen molar-refractivity contribution in [1.29, 1.82) is 0 Å². The number of amides is 1. The fourth-order valence-electron chi connectivity index (χ4n) is 4.13. The molecule has 2 aliphatic rings. The first kappa shape index (κ1) is 19.9. The van der Waals surface area contributed by atoms with Gasteiger partial charge in [0.25, 0.3) is 5.91 Å². The third-order valence-corrected chi connectivity index (χ3v) is 7.66. The van der Waals surface area contributed by atoms with Crippen molar-refractivity contribution < 1.29 is 4.79 Å². The number of aliphatic imine (C=N–C) groups is 1. The molecule has 0 spiro atoms. The van der Waals surface area contributed by atoms with Crippen LogP contribution in [0.4, 0.5) is 5.00 Å². The zero-order chi connectivity index (χ0) is 19.5. The van der Waals surface area contributed by atoms with E-state index in [1.165, 1.54) is 36.1 Å². The molecule has 148 valence electrons. The van der Waals surface area contributed by atoms with Crippen LogP contribution in [0.2, 0.25) is 10.0 Å². The second kappa shape index (κ2) is 8.98. The average molecular weight is 435 g/mol. The Morgan fingerprint density at radius 2 is 1.89 bits per heavy atom. The summed E-state index contributed by atoms with van der Waals surface area (Å²) < 4.78 is 0. The minimum Gasteiger partial charge on any atom is -0.349 e. The molecule has 6 heteroatoms. The van der Waals surface area contributed by atoms with Gasteiger partial charge in [-0.15, -0.1) is 11.3 Å². The molecule has 28 heavy (non-hydrogen) atoms. The van der Waals surface area contributed by atoms with E-state index in [1.807, 2.05) is 12.1 Å². The summed E-state index contributed by atoms with van der Waals surface area (Å²) in [5.41, 5.74) is 2.74. The van der Waals surface area contributed by atoms with Crippen molar-refractivity contribution in [1.82, 2.24) is 5.32 Å². The lowest BCUT2D eigenvalue weighted by Crippen LogP contribution is -2.36. The van der Waals surface area contributed by atoms with Gasteiger partial charge in [0.1, 0.15) is 5.00 Å². The number of carbonyl (C=O) groups is 1. The van der Waals surface area contributed by atoms with Gasteiger partial charge in [-0.3, -0.25) is 4.79 Å². The van der Waals surface area contributed by atoms with Crippen molar-refractivity contribution in [2.75, 3.05) is 0 Å². The third kappa shape index (κ3) is 4.29. The molecule has 1 aromatic heterocycles. The van der Waals surface area contributed by atoms with Gasteiger partial charge in [0, 0.05) is 22.7 Å². The lowest BCUT2D eigenvalue weighted by atomic mass is 9.93. The molecule has 4 rings (SSSR count). The molecule has 1 amide bonds. The number of aryl methyl sites for hydroxylation is 1.